The van der Waals surface area contributed by atoms with Crippen molar-refractivity contribution in [3.63, 3.8) is 0 Å². The average Bonchev–Trinajstić information content (AvgIpc) is 2.77. The molecule has 1 unspecified atom stereocenters. The fourth-order valence-corrected chi connectivity index (χ4v) is 3.85. The molecule has 0 bridgehead atoms. The van der Waals surface area contributed by atoms with Gasteiger partial charge >= 0.3 is 0 Å². The second-order valence-electron chi connectivity index (χ2n) is 8.22. The van der Waals surface area contributed by atoms with Crippen LogP contribution in [0.15, 0.2) is 60.7 Å². The number of nitrogens with zero attached hydrogens (tertiary/aromatic N) is 2. The number of amides is 1. The molecule has 1 amide bonds. The van der Waals surface area contributed by atoms with Crippen LogP contribution in [-0.2, 0) is 4.79 Å². The van der Waals surface area contributed by atoms with E-state index in [0.29, 0.717) is 19.6 Å². The maximum atomic E-state index is 11.5. The van der Waals surface area contributed by atoms with Gasteiger partial charge in [-0.3, -0.25) is 9.69 Å². The zero-order valence-electron chi connectivity index (χ0n) is 18.0. The van der Waals surface area contributed by atoms with Crippen LogP contribution in [-0.4, -0.2) is 68.9 Å². The van der Waals surface area contributed by atoms with Crippen molar-refractivity contribution in [1.29, 1.82) is 0 Å². The number of hydrogen-bond acceptors (Lipinski definition) is 5. The van der Waals surface area contributed by atoms with Crippen molar-refractivity contribution in [2.45, 2.75) is 6.10 Å². The van der Waals surface area contributed by atoms with E-state index in [1.165, 1.54) is 16.8 Å². The lowest BCUT2D eigenvalue weighted by molar-refractivity contribution is -0.124. The van der Waals surface area contributed by atoms with E-state index in [9.17, 15) is 9.90 Å². The molecule has 0 aromatic heterocycles. The summed E-state index contributed by atoms with van der Waals surface area (Å²) in [6, 6.07) is 20.9. The van der Waals surface area contributed by atoms with E-state index in [2.05, 4.69) is 52.7 Å². The van der Waals surface area contributed by atoms with E-state index >= 15 is 0 Å². The van der Waals surface area contributed by atoms with Gasteiger partial charge in [-0.15, -0.1) is 0 Å². The molecule has 0 saturated carbocycles. The number of aliphatic hydroxyl groups excluding tert-OH is 1. The summed E-state index contributed by atoms with van der Waals surface area (Å²) in [5.41, 5.74) is 3.53. The van der Waals surface area contributed by atoms with Crippen LogP contribution >= 0.6 is 0 Å². The Kier molecular flexibility index (Phi) is 6.39. The average molecular weight is 420 g/mol. The molecule has 162 valence electrons. The van der Waals surface area contributed by atoms with Crippen LogP contribution in [0.25, 0.3) is 21.9 Å². The van der Waals surface area contributed by atoms with Crippen LogP contribution in [0.4, 0.5) is 5.69 Å². The summed E-state index contributed by atoms with van der Waals surface area (Å²) in [6.45, 7) is 2.32. The second kappa shape index (κ2) is 9.37. The molecule has 1 atom stereocenters. The highest BCUT2D eigenvalue weighted by atomic mass is 16.5. The molecule has 3 aromatic rings. The van der Waals surface area contributed by atoms with E-state index in [1.54, 1.807) is 0 Å². The van der Waals surface area contributed by atoms with Crippen molar-refractivity contribution in [3.8, 4) is 16.9 Å². The summed E-state index contributed by atoms with van der Waals surface area (Å²) >= 11 is 0. The van der Waals surface area contributed by atoms with Gasteiger partial charge in [-0.1, -0.05) is 30.3 Å². The van der Waals surface area contributed by atoms with Gasteiger partial charge in [-0.2, -0.15) is 0 Å². The summed E-state index contributed by atoms with van der Waals surface area (Å²) in [7, 11) is 4.09. The van der Waals surface area contributed by atoms with E-state index in [-0.39, 0.29) is 12.5 Å². The highest BCUT2D eigenvalue weighted by Gasteiger charge is 2.19. The highest BCUT2D eigenvalue weighted by Crippen LogP contribution is 2.29. The number of fused-ring (bicyclic) bond motifs is 1. The molecule has 4 rings (SSSR count). The standard InChI is InChI=1S/C25H29N3O3/c1-27(2)22-5-3-4-18(13-22)19-6-7-21-14-24(9-8-20(21)12-19)31-17-23(29)15-28-11-10-26-25(30)16-28/h3-9,12-14,23,29H,10-11,15-17H2,1-2H3,(H,26,30). The molecule has 1 aliphatic heterocycles. The summed E-state index contributed by atoms with van der Waals surface area (Å²) in [5.74, 6) is 0.729. The van der Waals surface area contributed by atoms with Crippen LogP contribution in [0, 0.1) is 0 Å². The monoisotopic (exact) mass is 419 g/mol. The Morgan fingerprint density at radius 2 is 1.84 bits per heavy atom. The van der Waals surface area contributed by atoms with E-state index in [1.807, 2.05) is 37.2 Å². The quantitative estimate of drug-likeness (QED) is 0.617. The molecule has 0 aliphatic carbocycles. The lowest BCUT2D eigenvalue weighted by atomic mass is 10.0. The summed E-state index contributed by atoms with van der Waals surface area (Å²) in [5, 5.41) is 15.3. The molecule has 1 fully saturated rings. The number of nitrogens with one attached hydrogen (secondary N) is 1. The lowest BCUT2D eigenvalue weighted by Crippen LogP contribution is -2.50. The first-order valence-electron chi connectivity index (χ1n) is 10.6. The number of ether oxygens (including phenoxy) is 1. The van der Waals surface area contributed by atoms with Gasteiger partial charge in [0, 0.05) is 39.4 Å². The Bertz CT molecular complexity index is 1070. The van der Waals surface area contributed by atoms with Crippen molar-refractivity contribution in [1.82, 2.24) is 10.2 Å². The fraction of sp³-hybridized carbons (Fsp3) is 0.320. The maximum absolute atomic E-state index is 11.5. The number of β-amino-alcohol motifs (C(OH)–C–C–N with tert-alkyl or cyclic N) is 1. The Labute approximate surface area is 183 Å². The first kappa shape index (κ1) is 21.2. The molecular formula is C25H29N3O3. The Balaban J connectivity index is 1.41. The predicted octanol–water partition coefficient (Wildman–Crippen LogP) is 2.74. The normalized spacial score (nSPS) is 15.5. The van der Waals surface area contributed by atoms with Gasteiger partial charge in [0.25, 0.3) is 0 Å². The zero-order valence-corrected chi connectivity index (χ0v) is 18.0. The molecule has 2 N–H and O–H groups in total. The number of rotatable bonds is 7. The van der Waals surface area contributed by atoms with E-state index in [4.69, 9.17) is 4.74 Å². The first-order chi connectivity index (χ1) is 15.0. The molecule has 31 heavy (non-hydrogen) atoms. The van der Waals surface area contributed by atoms with Crippen LogP contribution in [0.3, 0.4) is 0 Å². The Hall–Kier alpha value is -3.09. The van der Waals surface area contributed by atoms with Gasteiger partial charge in [-0.05, 0) is 52.2 Å². The molecule has 6 heteroatoms. The van der Waals surface area contributed by atoms with Gasteiger partial charge in [0.05, 0.1) is 6.54 Å². The smallest absolute Gasteiger partial charge is 0.234 e. The van der Waals surface area contributed by atoms with E-state index < -0.39 is 6.10 Å². The van der Waals surface area contributed by atoms with Crippen LogP contribution < -0.4 is 15.0 Å². The maximum Gasteiger partial charge on any atom is 0.234 e. The van der Waals surface area contributed by atoms with Crippen molar-refractivity contribution < 1.29 is 14.6 Å². The fourth-order valence-electron chi connectivity index (χ4n) is 3.85. The van der Waals surface area contributed by atoms with Crippen molar-refractivity contribution in [2.24, 2.45) is 0 Å². The lowest BCUT2D eigenvalue weighted by Gasteiger charge is -2.28. The molecule has 3 aromatic carbocycles. The molecule has 1 heterocycles. The predicted molar refractivity (Wildman–Crippen MR) is 125 cm³/mol. The van der Waals surface area contributed by atoms with Gasteiger partial charge in [0.15, 0.2) is 0 Å². The largest absolute Gasteiger partial charge is 0.491 e. The number of benzene rings is 3. The van der Waals surface area contributed by atoms with Crippen molar-refractivity contribution in [3.05, 3.63) is 60.7 Å². The minimum atomic E-state index is -0.645. The van der Waals surface area contributed by atoms with Crippen LogP contribution in [0.5, 0.6) is 5.75 Å². The minimum absolute atomic E-state index is 0.00158. The van der Waals surface area contributed by atoms with Crippen molar-refractivity contribution >= 4 is 22.4 Å². The molecular weight excluding hydrogens is 390 g/mol. The van der Waals surface area contributed by atoms with Gasteiger partial charge in [0.2, 0.25) is 5.91 Å². The number of anilines is 1. The third-order valence-electron chi connectivity index (χ3n) is 5.54. The summed E-state index contributed by atoms with van der Waals surface area (Å²) in [6.07, 6.45) is -0.645. The Morgan fingerprint density at radius 3 is 2.65 bits per heavy atom. The first-order valence-corrected chi connectivity index (χ1v) is 10.6. The van der Waals surface area contributed by atoms with Crippen LogP contribution in [0.1, 0.15) is 0 Å². The van der Waals surface area contributed by atoms with Crippen LogP contribution in [0.2, 0.25) is 0 Å². The minimum Gasteiger partial charge on any atom is -0.491 e. The highest BCUT2D eigenvalue weighted by molar-refractivity contribution is 5.88. The molecule has 0 spiro atoms. The van der Waals surface area contributed by atoms with E-state index in [0.717, 1.165) is 23.1 Å². The third kappa shape index (κ3) is 5.34. The van der Waals surface area contributed by atoms with Crippen molar-refractivity contribution in [2.75, 3.05) is 51.8 Å². The molecule has 1 saturated heterocycles. The topological polar surface area (TPSA) is 65.0 Å². The molecule has 0 radical (unpaired) electrons. The number of carbonyl (C=O) groups excluding carboxylic acids is 1. The SMILES string of the molecule is CN(C)c1cccc(-c2ccc3cc(OCC(O)CN4CCNC(=O)C4)ccc3c2)c1. The van der Waals surface area contributed by atoms with Gasteiger partial charge < -0.3 is 20.1 Å². The third-order valence-corrected chi connectivity index (χ3v) is 5.54. The van der Waals surface area contributed by atoms with Gasteiger partial charge in [0.1, 0.15) is 18.5 Å². The number of aliphatic hydroxyl groups is 1. The molecule has 6 nitrogen and oxygen atoms in total. The second-order valence-corrected chi connectivity index (χ2v) is 8.22. The number of carbonyl (C=O) groups is 1. The number of piperazine rings is 1. The summed E-state index contributed by atoms with van der Waals surface area (Å²) < 4.78 is 5.82. The molecule has 1 aliphatic rings. The van der Waals surface area contributed by atoms with Gasteiger partial charge in [-0.25, -0.2) is 0 Å². The summed E-state index contributed by atoms with van der Waals surface area (Å²) in [4.78, 5) is 15.5. The zero-order chi connectivity index (χ0) is 21.8. The number of hydrogen-bond donors (Lipinski definition) is 2. The Morgan fingerprint density at radius 1 is 1.06 bits per heavy atom.